The lowest BCUT2D eigenvalue weighted by Gasteiger charge is -2.10. The molecule has 1 amide bonds. The van der Waals surface area contributed by atoms with E-state index in [0.29, 0.717) is 28.2 Å². The first-order valence-electron chi connectivity index (χ1n) is 8.96. The summed E-state index contributed by atoms with van der Waals surface area (Å²) in [5.74, 6) is 1.52. The Kier molecular flexibility index (Phi) is 7.32. The highest BCUT2D eigenvalue weighted by Gasteiger charge is 2.14. The normalized spacial score (nSPS) is 10.6. The number of hydrogen-bond acceptors (Lipinski definition) is 5. The molecule has 0 spiro atoms. The van der Waals surface area contributed by atoms with Gasteiger partial charge < -0.3 is 10.1 Å². The number of aromatic nitrogens is 3. The first kappa shape index (κ1) is 21.0. The van der Waals surface area contributed by atoms with Crippen LogP contribution in [0.1, 0.15) is 11.4 Å². The summed E-state index contributed by atoms with van der Waals surface area (Å²) < 4.78 is 7.77. The van der Waals surface area contributed by atoms with Crippen LogP contribution in [0.25, 0.3) is 0 Å². The van der Waals surface area contributed by atoms with Crippen molar-refractivity contribution in [2.24, 2.45) is 0 Å². The van der Waals surface area contributed by atoms with Crippen LogP contribution in [0.4, 0.5) is 5.69 Å². The molecule has 0 fully saturated rings. The minimum atomic E-state index is -0.150. The van der Waals surface area contributed by atoms with Crippen LogP contribution in [0.5, 0.6) is 5.75 Å². The van der Waals surface area contributed by atoms with E-state index in [9.17, 15) is 4.79 Å². The number of thioether (sulfide) groups is 1. The summed E-state index contributed by atoms with van der Waals surface area (Å²) in [4.78, 5) is 12.2. The summed E-state index contributed by atoms with van der Waals surface area (Å²) in [5.41, 5.74) is 1.71. The molecule has 0 radical (unpaired) electrons. The highest BCUT2D eigenvalue weighted by molar-refractivity contribution is 7.99. The fraction of sp³-hybridized carbons (Fsp3) is 0.190. The second kappa shape index (κ2) is 10.1. The van der Waals surface area contributed by atoms with Crippen LogP contribution in [0.3, 0.4) is 0 Å². The van der Waals surface area contributed by atoms with Crippen LogP contribution >= 0.6 is 23.4 Å². The van der Waals surface area contributed by atoms with E-state index in [4.69, 9.17) is 16.3 Å². The molecule has 0 aliphatic carbocycles. The average molecular weight is 429 g/mol. The number of carbonyl (C=O) groups excluding carboxylic acids is 1. The number of nitrogens with zero attached hydrogens (tertiary/aromatic N) is 3. The fourth-order valence-electron chi connectivity index (χ4n) is 2.60. The number of amides is 1. The topological polar surface area (TPSA) is 69.0 Å². The maximum Gasteiger partial charge on any atom is 0.234 e. The summed E-state index contributed by atoms with van der Waals surface area (Å²) in [7, 11) is 0. The van der Waals surface area contributed by atoms with Gasteiger partial charge in [0.25, 0.3) is 0 Å². The van der Waals surface area contributed by atoms with Crippen LogP contribution in [0.2, 0.25) is 5.02 Å². The van der Waals surface area contributed by atoms with Crippen molar-refractivity contribution in [1.29, 1.82) is 0 Å². The lowest BCUT2D eigenvalue weighted by Crippen LogP contribution is -2.15. The van der Waals surface area contributed by atoms with Crippen molar-refractivity contribution < 1.29 is 9.53 Å². The van der Waals surface area contributed by atoms with Crippen LogP contribution < -0.4 is 10.1 Å². The van der Waals surface area contributed by atoms with Crippen molar-refractivity contribution in [2.45, 2.75) is 25.2 Å². The van der Waals surface area contributed by atoms with Crippen molar-refractivity contribution in [1.82, 2.24) is 14.8 Å². The smallest absolute Gasteiger partial charge is 0.234 e. The molecular weight excluding hydrogens is 408 g/mol. The molecule has 2 aromatic carbocycles. The molecule has 0 unspecified atom stereocenters. The van der Waals surface area contributed by atoms with Crippen molar-refractivity contribution in [2.75, 3.05) is 11.1 Å². The molecule has 0 bridgehead atoms. The highest BCUT2D eigenvalue weighted by atomic mass is 35.5. The van der Waals surface area contributed by atoms with Crippen molar-refractivity contribution in [3.8, 4) is 5.75 Å². The Morgan fingerprint density at radius 2 is 2.10 bits per heavy atom. The number of aryl methyl sites for hydroxylation is 1. The van der Waals surface area contributed by atoms with Gasteiger partial charge in [-0.3, -0.25) is 9.36 Å². The van der Waals surface area contributed by atoms with E-state index in [2.05, 4.69) is 22.1 Å². The van der Waals surface area contributed by atoms with Gasteiger partial charge in [0.2, 0.25) is 5.91 Å². The van der Waals surface area contributed by atoms with Gasteiger partial charge in [-0.25, -0.2) is 0 Å². The number of anilines is 1. The zero-order valence-corrected chi connectivity index (χ0v) is 17.5. The van der Waals surface area contributed by atoms with E-state index in [1.807, 2.05) is 35.8 Å². The van der Waals surface area contributed by atoms with Crippen LogP contribution in [-0.4, -0.2) is 26.4 Å². The third-order valence-corrected chi connectivity index (χ3v) is 5.20. The van der Waals surface area contributed by atoms with Gasteiger partial charge in [-0.15, -0.1) is 16.8 Å². The number of allylic oxidation sites excluding steroid dienone is 1. The van der Waals surface area contributed by atoms with Gasteiger partial charge in [-0.2, -0.15) is 0 Å². The minimum absolute atomic E-state index is 0.150. The zero-order chi connectivity index (χ0) is 20.6. The van der Waals surface area contributed by atoms with Crippen LogP contribution in [0.15, 0.2) is 66.3 Å². The second-order valence-corrected chi connectivity index (χ2v) is 7.58. The quantitative estimate of drug-likeness (QED) is 0.394. The standard InChI is InChI=1S/C21H21ClN4O2S/c1-3-11-26-19(13-28-18-10-5-4-7-15(18)2)24-25-21(26)29-14-20(27)23-17-9-6-8-16(22)12-17/h3-10,12H,1,11,13-14H2,2H3,(H,23,27). The monoisotopic (exact) mass is 428 g/mol. The Morgan fingerprint density at radius 1 is 1.28 bits per heavy atom. The second-order valence-electron chi connectivity index (χ2n) is 6.20. The first-order chi connectivity index (χ1) is 14.1. The van der Waals surface area contributed by atoms with E-state index in [0.717, 1.165) is 11.3 Å². The molecule has 0 atom stereocenters. The summed E-state index contributed by atoms with van der Waals surface area (Å²) in [6.07, 6.45) is 1.76. The predicted octanol–water partition coefficient (Wildman–Crippen LogP) is 4.74. The molecule has 8 heteroatoms. The van der Waals surface area contributed by atoms with Gasteiger partial charge in [0.1, 0.15) is 12.4 Å². The van der Waals surface area contributed by atoms with Gasteiger partial charge in [0, 0.05) is 17.3 Å². The number of nitrogens with one attached hydrogen (secondary N) is 1. The van der Waals surface area contributed by atoms with E-state index in [1.165, 1.54) is 11.8 Å². The van der Waals surface area contributed by atoms with Gasteiger partial charge in [0.15, 0.2) is 11.0 Å². The Hall–Kier alpha value is -2.77. The molecule has 0 saturated carbocycles. The van der Waals surface area contributed by atoms with Crippen LogP contribution in [0, 0.1) is 6.92 Å². The number of halogens is 1. The fourth-order valence-corrected chi connectivity index (χ4v) is 3.56. The number of hydrogen-bond donors (Lipinski definition) is 1. The van der Waals surface area contributed by atoms with Crippen molar-refractivity contribution in [3.05, 3.63) is 77.6 Å². The third-order valence-electron chi connectivity index (χ3n) is 4.00. The molecule has 6 nitrogen and oxygen atoms in total. The number of rotatable bonds is 9. The molecule has 1 N–H and O–H groups in total. The molecule has 3 rings (SSSR count). The maximum atomic E-state index is 12.2. The number of carbonyl (C=O) groups is 1. The molecule has 1 heterocycles. The number of ether oxygens (including phenoxy) is 1. The lowest BCUT2D eigenvalue weighted by molar-refractivity contribution is -0.113. The van der Waals surface area contributed by atoms with E-state index < -0.39 is 0 Å². The van der Waals surface area contributed by atoms with Crippen molar-refractivity contribution >= 4 is 35.0 Å². The molecule has 0 aliphatic heterocycles. The van der Waals surface area contributed by atoms with E-state index in [-0.39, 0.29) is 18.3 Å². The van der Waals surface area contributed by atoms with Gasteiger partial charge in [0.05, 0.1) is 5.75 Å². The molecule has 0 aliphatic rings. The maximum absolute atomic E-state index is 12.2. The Balaban J connectivity index is 1.62. The summed E-state index contributed by atoms with van der Waals surface area (Å²) in [6.45, 7) is 6.59. The largest absolute Gasteiger partial charge is 0.485 e. The third kappa shape index (κ3) is 5.85. The Morgan fingerprint density at radius 3 is 2.86 bits per heavy atom. The molecule has 150 valence electrons. The van der Waals surface area contributed by atoms with Crippen LogP contribution in [-0.2, 0) is 17.9 Å². The summed E-state index contributed by atoms with van der Waals surface area (Å²) >= 11 is 7.25. The molecular formula is C21H21ClN4O2S. The molecule has 1 aromatic heterocycles. The van der Waals surface area contributed by atoms with Gasteiger partial charge >= 0.3 is 0 Å². The average Bonchev–Trinajstić information content (AvgIpc) is 3.08. The highest BCUT2D eigenvalue weighted by Crippen LogP contribution is 2.21. The summed E-state index contributed by atoms with van der Waals surface area (Å²) in [6, 6.07) is 14.8. The Bertz CT molecular complexity index is 1010. The van der Waals surface area contributed by atoms with E-state index >= 15 is 0 Å². The van der Waals surface area contributed by atoms with E-state index in [1.54, 1.807) is 30.3 Å². The summed E-state index contributed by atoms with van der Waals surface area (Å²) in [5, 5.41) is 12.5. The molecule has 0 saturated heterocycles. The first-order valence-corrected chi connectivity index (χ1v) is 10.3. The van der Waals surface area contributed by atoms with Crippen molar-refractivity contribution in [3.63, 3.8) is 0 Å². The van der Waals surface area contributed by atoms with Gasteiger partial charge in [-0.05, 0) is 36.8 Å². The molecule has 3 aromatic rings. The number of benzene rings is 2. The molecule has 29 heavy (non-hydrogen) atoms. The van der Waals surface area contributed by atoms with Gasteiger partial charge in [-0.1, -0.05) is 53.7 Å². The lowest BCUT2D eigenvalue weighted by atomic mass is 10.2. The number of para-hydroxylation sites is 1. The zero-order valence-electron chi connectivity index (χ0n) is 16.0. The Labute approximate surface area is 178 Å². The predicted molar refractivity (Wildman–Crippen MR) is 117 cm³/mol. The SMILES string of the molecule is C=CCn1c(COc2ccccc2C)nnc1SCC(=O)Nc1cccc(Cl)c1. The minimum Gasteiger partial charge on any atom is -0.485 e.